The SMILES string of the molecule is CCN(CC)c1ccnc(Nc2ccc(Br)c(C)c2)n1. The van der Waals surface area contributed by atoms with Gasteiger partial charge in [-0.15, -0.1) is 0 Å². The van der Waals surface area contributed by atoms with Gasteiger partial charge in [-0.25, -0.2) is 4.98 Å². The Morgan fingerprint density at radius 2 is 1.95 bits per heavy atom. The topological polar surface area (TPSA) is 41.1 Å². The van der Waals surface area contributed by atoms with Gasteiger partial charge in [-0.2, -0.15) is 4.98 Å². The van der Waals surface area contributed by atoms with Crippen LogP contribution >= 0.6 is 15.9 Å². The standard InChI is InChI=1S/C15H19BrN4/c1-4-20(5-2)14-8-9-17-15(19-14)18-12-6-7-13(16)11(3)10-12/h6-10H,4-5H2,1-3H3,(H,17,18,19). The lowest BCUT2D eigenvalue weighted by molar-refractivity contribution is 0.843. The Labute approximate surface area is 128 Å². The van der Waals surface area contributed by atoms with E-state index in [0.29, 0.717) is 5.95 Å². The lowest BCUT2D eigenvalue weighted by Crippen LogP contribution is -2.23. The molecule has 0 aliphatic carbocycles. The van der Waals surface area contributed by atoms with Crippen molar-refractivity contribution in [1.29, 1.82) is 0 Å². The van der Waals surface area contributed by atoms with Crippen molar-refractivity contribution < 1.29 is 0 Å². The second-order valence-electron chi connectivity index (χ2n) is 4.50. The van der Waals surface area contributed by atoms with E-state index in [2.05, 4.69) is 63.0 Å². The minimum Gasteiger partial charge on any atom is -0.357 e. The molecular formula is C15H19BrN4. The van der Waals surface area contributed by atoms with Crippen LogP contribution in [0.4, 0.5) is 17.5 Å². The van der Waals surface area contributed by atoms with Crippen LogP contribution in [0.2, 0.25) is 0 Å². The molecule has 0 spiro atoms. The maximum absolute atomic E-state index is 4.55. The van der Waals surface area contributed by atoms with Crippen molar-refractivity contribution in [3.63, 3.8) is 0 Å². The maximum Gasteiger partial charge on any atom is 0.229 e. The number of hydrogen-bond acceptors (Lipinski definition) is 4. The van der Waals surface area contributed by atoms with E-state index in [9.17, 15) is 0 Å². The molecule has 20 heavy (non-hydrogen) atoms. The molecule has 2 rings (SSSR count). The van der Waals surface area contributed by atoms with E-state index in [1.807, 2.05) is 18.2 Å². The number of nitrogens with zero attached hydrogens (tertiary/aromatic N) is 3. The predicted octanol–water partition coefficient (Wildman–Crippen LogP) is 4.14. The molecule has 0 aliphatic heterocycles. The summed E-state index contributed by atoms with van der Waals surface area (Å²) in [5, 5.41) is 3.25. The Bertz CT molecular complexity index is 582. The number of benzene rings is 1. The van der Waals surface area contributed by atoms with Crippen LogP contribution in [0.1, 0.15) is 19.4 Å². The van der Waals surface area contributed by atoms with Crippen molar-refractivity contribution in [1.82, 2.24) is 9.97 Å². The van der Waals surface area contributed by atoms with Crippen LogP contribution in [-0.2, 0) is 0 Å². The molecule has 1 aromatic carbocycles. The molecule has 0 radical (unpaired) electrons. The molecule has 1 N–H and O–H groups in total. The summed E-state index contributed by atoms with van der Waals surface area (Å²) in [6, 6.07) is 8.03. The van der Waals surface area contributed by atoms with Crippen LogP contribution in [0.3, 0.4) is 0 Å². The minimum atomic E-state index is 0.621. The third-order valence-corrected chi connectivity index (χ3v) is 4.03. The van der Waals surface area contributed by atoms with E-state index in [1.54, 1.807) is 6.20 Å². The highest BCUT2D eigenvalue weighted by atomic mass is 79.9. The molecule has 0 unspecified atom stereocenters. The molecule has 0 bridgehead atoms. The number of anilines is 3. The Hall–Kier alpha value is -1.62. The average molecular weight is 335 g/mol. The lowest BCUT2D eigenvalue weighted by Gasteiger charge is -2.19. The number of nitrogens with one attached hydrogen (secondary N) is 1. The monoisotopic (exact) mass is 334 g/mol. The highest BCUT2D eigenvalue weighted by molar-refractivity contribution is 9.10. The van der Waals surface area contributed by atoms with Gasteiger partial charge in [0.1, 0.15) is 5.82 Å². The van der Waals surface area contributed by atoms with Crippen molar-refractivity contribution in [3.05, 3.63) is 40.5 Å². The van der Waals surface area contributed by atoms with Crippen LogP contribution in [0.15, 0.2) is 34.9 Å². The van der Waals surface area contributed by atoms with Crippen LogP contribution in [0.25, 0.3) is 0 Å². The van der Waals surface area contributed by atoms with Gasteiger partial charge in [0.2, 0.25) is 5.95 Å². The van der Waals surface area contributed by atoms with Gasteiger partial charge in [-0.05, 0) is 50.6 Å². The fraction of sp³-hybridized carbons (Fsp3) is 0.333. The molecule has 2 aromatic rings. The summed E-state index contributed by atoms with van der Waals surface area (Å²) in [7, 11) is 0. The van der Waals surface area contributed by atoms with E-state index in [4.69, 9.17) is 0 Å². The number of hydrogen-bond donors (Lipinski definition) is 1. The van der Waals surface area contributed by atoms with Gasteiger partial charge in [0.15, 0.2) is 0 Å². The summed E-state index contributed by atoms with van der Waals surface area (Å²) in [4.78, 5) is 11.0. The molecular weight excluding hydrogens is 316 g/mol. The second kappa shape index (κ2) is 6.70. The first-order valence-electron chi connectivity index (χ1n) is 6.75. The molecule has 0 fully saturated rings. The average Bonchev–Trinajstić information content (AvgIpc) is 2.45. The van der Waals surface area contributed by atoms with E-state index < -0.39 is 0 Å². The van der Waals surface area contributed by atoms with Gasteiger partial charge in [0.05, 0.1) is 0 Å². The molecule has 106 valence electrons. The van der Waals surface area contributed by atoms with E-state index >= 15 is 0 Å². The molecule has 1 aromatic heterocycles. The van der Waals surface area contributed by atoms with Crippen molar-refractivity contribution in [2.45, 2.75) is 20.8 Å². The molecule has 0 amide bonds. The Morgan fingerprint density at radius 3 is 2.60 bits per heavy atom. The summed E-state index contributed by atoms with van der Waals surface area (Å²) in [5.74, 6) is 1.57. The third-order valence-electron chi connectivity index (χ3n) is 3.14. The molecule has 5 heteroatoms. The fourth-order valence-corrected chi connectivity index (χ4v) is 2.23. The quantitative estimate of drug-likeness (QED) is 0.892. The molecule has 0 saturated carbocycles. The van der Waals surface area contributed by atoms with Crippen LogP contribution < -0.4 is 10.2 Å². The summed E-state index contributed by atoms with van der Waals surface area (Å²) >= 11 is 3.50. The van der Waals surface area contributed by atoms with Gasteiger partial charge in [0, 0.05) is 29.4 Å². The van der Waals surface area contributed by atoms with E-state index in [-0.39, 0.29) is 0 Å². The molecule has 0 atom stereocenters. The normalized spacial score (nSPS) is 10.4. The van der Waals surface area contributed by atoms with Crippen molar-refractivity contribution >= 4 is 33.4 Å². The highest BCUT2D eigenvalue weighted by Gasteiger charge is 2.06. The summed E-state index contributed by atoms with van der Waals surface area (Å²) in [5.41, 5.74) is 2.16. The van der Waals surface area contributed by atoms with Crippen molar-refractivity contribution in [2.75, 3.05) is 23.3 Å². The zero-order valence-corrected chi connectivity index (χ0v) is 13.6. The van der Waals surface area contributed by atoms with E-state index in [1.165, 1.54) is 5.56 Å². The van der Waals surface area contributed by atoms with Crippen LogP contribution in [0.5, 0.6) is 0 Å². The number of aryl methyl sites for hydroxylation is 1. The van der Waals surface area contributed by atoms with Crippen molar-refractivity contribution in [2.24, 2.45) is 0 Å². The predicted molar refractivity (Wildman–Crippen MR) is 87.8 cm³/mol. The van der Waals surface area contributed by atoms with Crippen molar-refractivity contribution in [3.8, 4) is 0 Å². The van der Waals surface area contributed by atoms with Gasteiger partial charge >= 0.3 is 0 Å². The summed E-state index contributed by atoms with van der Waals surface area (Å²) in [6.07, 6.45) is 1.79. The number of halogens is 1. The zero-order valence-electron chi connectivity index (χ0n) is 12.0. The van der Waals surface area contributed by atoms with Crippen LogP contribution in [0, 0.1) is 6.92 Å². The lowest BCUT2D eigenvalue weighted by atomic mass is 10.2. The molecule has 0 saturated heterocycles. The largest absolute Gasteiger partial charge is 0.357 e. The minimum absolute atomic E-state index is 0.621. The van der Waals surface area contributed by atoms with E-state index in [0.717, 1.165) is 29.1 Å². The number of rotatable bonds is 5. The first kappa shape index (κ1) is 14.8. The first-order chi connectivity index (χ1) is 9.63. The molecule has 4 nitrogen and oxygen atoms in total. The highest BCUT2D eigenvalue weighted by Crippen LogP contribution is 2.22. The summed E-state index contributed by atoms with van der Waals surface area (Å²) in [6.45, 7) is 8.17. The smallest absolute Gasteiger partial charge is 0.229 e. The van der Waals surface area contributed by atoms with Crippen LogP contribution in [-0.4, -0.2) is 23.1 Å². The van der Waals surface area contributed by atoms with Gasteiger partial charge < -0.3 is 10.2 Å². The van der Waals surface area contributed by atoms with Gasteiger partial charge in [-0.3, -0.25) is 0 Å². The number of aromatic nitrogens is 2. The third kappa shape index (κ3) is 3.48. The maximum atomic E-state index is 4.55. The zero-order chi connectivity index (χ0) is 14.5. The Morgan fingerprint density at radius 1 is 1.20 bits per heavy atom. The second-order valence-corrected chi connectivity index (χ2v) is 5.35. The fourth-order valence-electron chi connectivity index (χ4n) is 1.98. The molecule has 0 aliphatic rings. The Balaban J connectivity index is 2.21. The molecule has 1 heterocycles. The Kier molecular flexibility index (Phi) is 4.95. The van der Waals surface area contributed by atoms with Gasteiger partial charge in [-0.1, -0.05) is 15.9 Å². The van der Waals surface area contributed by atoms with Gasteiger partial charge in [0.25, 0.3) is 0 Å². The first-order valence-corrected chi connectivity index (χ1v) is 7.54. The summed E-state index contributed by atoms with van der Waals surface area (Å²) < 4.78 is 1.10.